The van der Waals surface area contributed by atoms with E-state index in [1.807, 2.05) is 39.8 Å². The number of carbonyl (C=O) groups is 1. The van der Waals surface area contributed by atoms with Gasteiger partial charge in [-0.15, -0.1) is 21.5 Å². The first-order valence-electron chi connectivity index (χ1n) is 10.1. The Hall–Kier alpha value is -2.71. The van der Waals surface area contributed by atoms with Crippen molar-refractivity contribution >= 4 is 28.9 Å². The average molecular weight is 453 g/mol. The number of benzene rings is 1. The van der Waals surface area contributed by atoms with E-state index < -0.39 is 0 Å². The van der Waals surface area contributed by atoms with E-state index in [9.17, 15) is 4.79 Å². The van der Waals surface area contributed by atoms with Gasteiger partial charge in [-0.3, -0.25) is 4.79 Å². The Morgan fingerprint density at radius 3 is 2.61 bits per heavy atom. The van der Waals surface area contributed by atoms with Crippen molar-refractivity contribution in [2.24, 2.45) is 0 Å². The maximum Gasteiger partial charge on any atom is 0.277 e. The Balaban J connectivity index is 1.41. The smallest absolute Gasteiger partial charge is 0.277 e. The van der Waals surface area contributed by atoms with Crippen molar-refractivity contribution in [3.63, 3.8) is 0 Å². The second kappa shape index (κ2) is 9.20. The van der Waals surface area contributed by atoms with E-state index in [0.717, 1.165) is 45.5 Å². The van der Waals surface area contributed by atoms with Crippen molar-refractivity contribution in [2.75, 3.05) is 5.75 Å². The molecule has 6 nitrogen and oxygen atoms in total. The van der Waals surface area contributed by atoms with Gasteiger partial charge in [0.05, 0.1) is 16.5 Å². The molecular weight excluding hydrogens is 428 g/mol. The number of aromatic nitrogens is 4. The van der Waals surface area contributed by atoms with Crippen LogP contribution in [0.15, 0.2) is 46.0 Å². The number of nitrogens with zero attached hydrogens (tertiary/aromatic N) is 4. The van der Waals surface area contributed by atoms with Crippen LogP contribution in [0.2, 0.25) is 0 Å². The minimum Gasteiger partial charge on any atom is -0.410 e. The fraction of sp³-hybridized carbons (Fsp3) is 0.304. The minimum atomic E-state index is 0.0635. The van der Waals surface area contributed by atoms with Crippen LogP contribution >= 0.6 is 23.1 Å². The standard InChI is InChI=1S/C23H24N4O2S2/c1-14-12-19(16(3)27(14)11-10-18-8-6-5-7-9-18)20(28)13-30-23-26-25-22(29-23)21-15(2)24-17(4)31-21/h5-9,12H,10-11,13H2,1-4H3. The highest BCUT2D eigenvalue weighted by Gasteiger charge is 2.19. The first-order valence-corrected chi connectivity index (χ1v) is 11.9. The van der Waals surface area contributed by atoms with Crippen LogP contribution in [-0.4, -0.2) is 31.3 Å². The molecule has 160 valence electrons. The Kier molecular flexibility index (Phi) is 6.38. The average Bonchev–Trinajstić information content (AvgIpc) is 3.43. The van der Waals surface area contributed by atoms with Crippen molar-refractivity contribution in [1.29, 1.82) is 0 Å². The molecule has 0 saturated heterocycles. The van der Waals surface area contributed by atoms with E-state index in [1.54, 1.807) is 0 Å². The maximum absolute atomic E-state index is 12.9. The van der Waals surface area contributed by atoms with Crippen molar-refractivity contribution < 1.29 is 9.21 Å². The molecule has 0 spiro atoms. The van der Waals surface area contributed by atoms with Gasteiger partial charge < -0.3 is 8.98 Å². The normalized spacial score (nSPS) is 11.2. The van der Waals surface area contributed by atoms with E-state index in [1.165, 1.54) is 28.7 Å². The van der Waals surface area contributed by atoms with Gasteiger partial charge in [-0.1, -0.05) is 42.1 Å². The fourth-order valence-electron chi connectivity index (χ4n) is 3.61. The monoisotopic (exact) mass is 452 g/mol. The quantitative estimate of drug-likeness (QED) is 0.262. The van der Waals surface area contributed by atoms with Crippen molar-refractivity contribution in [3.8, 4) is 10.8 Å². The molecule has 3 aromatic heterocycles. The first kappa shape index (κ1) is 21.5. The Labute approximate surface area is 189 Å². The third kappa shape index (κ3) is 4.80. The number of thiazole rings is 1. The number of hydrogen-bond acceptors (Lipinski definition) is 7. The zero-order chi connectivity index (χ0) is 22.0. The molecule has 0 N–H and O–H groups in total. The Morgan fingerprint density at radius 2 is 1.90 bits per heavy atom. The molecule has 4 rings (SSSR count). The number of hydrogen-bond donors (Lipinski definition) is 0. The highest BCUT2D eigenvalue weighted by atomic mass is 32.2. The fourth-order valence-corrected chi connectivity index (χ4v) is 5.10. The molecule has 3 heterocycles. The summed E-state index contributed by atoms with van der Waals surface area (Å²) in [6.07, 6.45) is 0.931. The topological polar surface area (TPSA) is 73.8 Å². The van der Waals surface area contributed by atoms with E-state index in [2.05, 4.69) is 44.0 Å². The van der Waals surface area contributed by atoms with E-state index in [4.69, 9.17) is 4.42 Å². The molecular formula is C23H24N4O2S2. The van der Waals surface area contributed by atoms with Crippen molar-refractivity contribution in [3.05, 3.63) is 69.6 Å². The lowest BCUT2D eigenvalue weighted by atomic mass is 10.1. The number of carbonyl (C=O) groups excluding carboxylic acids is 1. The molecule has 0 aliphatic carbocycles. The predicted octanol–water partition coefficient (Wildman–Crippen LogP) is 5.45. The molecule has 8 heteroatoms. The molecule has 0 aliphatic rings. The van der Waals surface area contributed by atoms with Gasteiger partial charge in [0, 0.05) is 23.5 Å². The molecule has 0 aliphatic heterocycles. The summed E-state index contributed by atoms with van der Waals surface area (Å²) in [5.41, 5.74) is 5.02. The Bertz CT molecular complexity index is 1210. The molecule has 0 radical (unpaired) electrons. The van der Waals surface area contributed by atoms with Crippen molar-refractivity contribution in [2.45, 2.75) is 45.9 Å². The van der Waals surface area contributed by atoms with Crippen LogP contribution in [0.1, 0.15) is 38.0 Å². The molecule has 4 aromatic rings. The van der Waals surface area contributed by atoms with Crippen LogP contribution in [-0.2, 0) is 13.0 Å². The van der Waals surface area contributed by atoms with Crippen molar-refractivity contribution in [1.82, 2.24) is 19.7 Å². The SMILES string of the molecule is Cc1nc(C)c(-c2nnc(SCC(=O)c3cc(C)n(CCc4ccccc4)c3C)o2)s1. The van der Waals surface area contributed by atoms with Gasteiger partial charge in [0.1, 0.15) is 4.88 Å². The second-order valence-electron chi connectivity index (χ2n) is 7.40. The molecule has 0 bridgehead atoms. The van der Waals surface area contributed by atoms with Gasteiger partial charge in [-0.05, 0) is 45.7 Å². The van der Waals surface area contributed by atoms with Gasteiger partial charge in [-0.2, -0.15) is 0 Å². The summed E-state index contributed by atoms with van der Waals surface area (Å²) in [7, 11) is 0. The molecule has 0 fully saturated rings. The number of Topliss-reactive ketones (excluding diaryl/α,β-unsaturated/α-hetero) is 1. The zero-order valence-electron chi connectivity index (χ0n) is 18.0. The third-order valence-electron chi connectivity index (χ3n) is 5.17. The highest BCUT2D eigenvalue weighted by molar-refractivity contribution is 7.99. The maximum atomic E-state index is 12.9. The summed E-state index contributed by atoms with van der Waals surface area (Å²) < 4.78 is 7.96. The summed E-state index contributed by atoms with van der Waals surface area (Å²) in [5.74, 6) is 0.774. The number of thioether (sulfide) groups is 1. The van der Waals surface area contributed by atoms with Crippen LogP contribution in [0.3, 0.4) is 0 Å². The zero-order valence-corrected chi connectivity index (χ0v) is 19.6. The molecule has 31 heavy (non-hydrogen) atoms. The van der Waals surface area contributed by atoms with Crippen LogP contribution < -0.4 is 0 Å². The van der Waals surface area contributed by atoms with Gasteiger partial charge in [-0.25, -0.2) is 4.98 Å². The molecule has 0 amide bonds. The largest absolute Gasteiger partial charge is 0.410 e. The van der Waals surface area contributed by atoms with E-state index in [-0.39, 0.29) is 11.5 Å². The van der Waals surface area contributed by atoms with Crippen LogP contribution in [0.25, 0.3) is 10.8 Å². The van der Waals surface area contributed by atoms with Crippen LogP contribution in [0.5, 0.6) is 0 Å². The first-order chi connectivity index (χ1) is 14.9. The molecule has 0 atom stereocenters. The highest BCUT2D eigenvalue weighted by Crippen LogP contribution is 2.31. The summed E-state index contributed by atoms with van der Waals surface area (Å²) >= 11 is 2.80. The molecule has 0 unspecified atom stereocenters. The van der Waals surface area contributed by atoms with Gasteiger partial charge in [0.15, 0.2) is 5.78 Å². The van der Waals surface area contributed by atoms with E-state index in [0.29, 0.717) is 11.1 Å². The lowest BCUT2D eigenvalue weighted by Gasteiger charge is -2.10. The predicted molar refractivity (Wildman–Crippen MR) is 124 cm³/mol. The minimum absolute atomic E-state index is 0.0635. The molecule has 1 aromatic carbocycles. The van der Waals surface area contributed by atoms with Crippen LogP contribution in [0.4, 0.5) is 0 Å². The summed E-state index contributed by atoms with van der Waals surface area (Å²) in [6.45, 7) is 8.78. The molecule has 0 saturated carbocycles. The second-order valence-corrected chi connectivity index (χ2v) is 9.53. The lowest BCUT2D eigenvalue weighted by molar-refractivity contribution is 0.102. The number of rotatable bonds is 8. The summed E-state index contributed by atoms with van der Waals surface area (Å²) in [6, 6.07) is 12.4. The number of ketones is 1. The lowest BCUT2D eigenvalue weighted by Crippen LogP contribution is -2.08. The van der Waals surface area contributed by atoms with Gasteiger partial charge in [0.2, 0.25) is 0 Å². The third-order valence-corrected chi connectivity index (χ3v) is 7.05. The summed E-state index contributed by atoms with van der Waals surface area (Å²) in [5, 5.41) is 9.55. The van der Waals surface area contributed by atoms with E-state index >= 15 is 0 Å². The van der Waals surface area contributed by atoms with Gasteiger partial charge >= 0.3 is 0 Å². The van der Waals surface area contributed by atoms with Gasteiger partial charge in [0.25, 0.3) is 11.1 Å². The van der Waals surface area contributed by atoms with Crippen LogP contribution in [0, 0.1) is 27.7 Å². The summed E-state index contributed by atoms with van der Waals surface area (Å²) in [4.78, 5) is 18.2. The number of aryl methyl sites for hydroxylation is 4. The Morgan fingerprint density at radius 1 is 1.13 bits per heavy atom.